The van der Waals surface area contributed by atoms with Crippen molar-refractivity contribution < 1.29 is 9.90 Å². The highest BCUT2D eigenvalue weighted by Crippen LogP contribution is 2.37. The molecule has 108 valence electrons. The van der Waals surface area contributed by atoms with Crippen molar-refractivity contribution in [2.24, 2.45) is 0 Å². The van der Waals surface area contributed by atoms with Crippen LogP contribution in [0.2, 0.25) is 0 Å². The molecule has 0 spiro atoms. The first-order valence-electron chi connectivity index (χ1n) is 7.05. The van der Waals surface area contributed by atoms with Gasteiger partial charge in [0, 0.05) is 11.6 Å². The average molecular weight is 283 g/mol. The van der Waals surface area contributed by atoms with Gasteiger partial charge < -0.3 is 9.67 Å². The SMILES string of the molecule is Cc1ccc(-c2ccc(C(=O)O)c(=O)n2C2CC2)c(C)c1. The van der Waals surface area contributed by atoms with Crippen LogP contribution in [-0.4, -0.2) is 15.6 Å². The van der Waals surface area contributed by atoms with Crippen molar-refractivity contribution in [2.75, 3.05) is 0 Å². The lowest BCUT2D eigenvalue weighted by Gasteiger charge is -2.15. The molecule has 1 aromatic carbocycles. The van der Waals surface area contributed by atoms with E-state index < -0.39 is 11.5 Å². The molecule has 1 heterocycles. The van der Waals surface area contributed by atoms with Gasteiger partial charge in [0.05, 0.1) is 5.69 Å². The zero-order chi connectivity index (χ0) is 15.1. The normalized spacial score (nSPS) is 14.2. The Labute approximate surface area is 122 Å². The fourth-order valence-electron chi connectivity index (χ4n) is 2.73. The molecule has 0 atom stereocenters. The summed E-state index contributed by atoms with van der Waals surface area (Å²) >= 11 is 0. The molecule has 1 N–H and O–H groups in total. The smallest absolute Gasteiger partial charge is 0.341 e. The first kappa shape index (κ1) is 13.6. The van der Waals surface area contributed by atoms with E-state index in [4.69, 9.17) is 5.11 Å². The van der Waals surface area contributed by atoms with Crippen molar-refractivity contribution in [2.45, 2.75) is 32.7 Å². The zero-order valence-corrected chi connectivity index (χ0v) is 12.1. The predicted octanol–water partition coefficient (Wildman–Crippen LogP) is 3.17. The largest absolute Gasteiger partial charge is 0.477 e. The van der Waals surface area contributed by atoms with Gasteiger partial charge in [0.15, 0.2) is 0 Å². The molecular formula is C17H17NO3. The van der Waals surface area contributed by atoms with Gasteiger partial charge in [-0.05, 0) is 44.4 Å². The van der Waals surface area contributed by atoms with Gasteiger partial charge in [-0.25, -0.2) is 4.79 Å². The Balaban J connectivity index is 2.25. The van der Waals surface area contributed by atoms with E-state index in [9.17, 15) is 9.59 Å². The molecule has 0 saturated heterocycles. The highest BCUT2D eigenvalue weighted by atomic mass is 16.4. The molecule has 0 aliphatic heterocycles. The Morgan fingerprint density at radius 3 is 2.48 bits per heavy atom. The number of carbonyl (C=O) groups is 1. The Bertz CT molecular complexity index is 785. The molecule has 1 aromatic heterocycles. The molecule has 2 aromatic rings. The number of aryl methyl sites for hydroxylation is 2. The number of nitrogens with zero attached hydrogens (tertiary/aromatic N) is 1. The van der Waals surface area contributed by atoms with Gasteiger partial charge in [-0.2, -0.15) is 0 Å². The van der Waals surface area contributed by atoms with Crippen molar-refractivity contribution in [1.82, 2.24) is 4.57 Å². The minimum absolute atomic E-state index is 0.132. The Morgan fingerprint density at radius 1 is 1.19 bits per heavy atom. The van der Waals surface area contributed by atoms with Crippen LogP contribution in [0.4, 0.5) is 0 Å². The summed E-state index contributed by atoms with van der Waals surface area (Å²) in [6.07, 6.45) is 1.86. The van der Waals surface area contributed by atoms with Crippen LogP contribution in [0.25, 0.3) is 11.3 Å². The first-order chi connectivity index (χ1) is 9.99. The van der Waals surface area contributed by atoms with Crippen molar-refractivity contribution >= 4 is 5.97 Å². The molecule has 1 fully saturated rings. The van der Waals surface area contributed by atoms with E-state index in [0.29, 0.717) is 0 Å². The van der Waals surface area contributed by atoms with E-state index in [-0.39, 0.29) is 11.6 Å². The molecule has 0 bridgehead atoms. The van der Waals surface area contributed by atoms with Crippen LogP contribution in [0, 0.1) is 13.8 Å². The first-order valence-corrected chi connectivity index (χ1v) is 7.05. The molecule has 1 saturated carbocycles. The zero-order valence-electron chi connectivity index (χ0n) is 12.1. The number of aromatic carboxylic acids is 1. The second-order valence-electron chi connectivity index (χ2n) is 5.66. The summed E-state index contributed by atoms with van der Waals surface area (Å²) in [4.78, 5) is 23.6. The quantitative estimate of drug-likeness (QED) is 0.941. The van der Waals surface area contributed by atoms with E-state index in [0.717, 1.165) is 29.7 Å². The van der Waals surface area contributed by atoms with Crippen LogP contribution < -0.4 is 5.56 Å². The molecule has 1 aliphatic rings. The van der Waals surface area contributed by atoms with E-state index in [1.165, 1.54) is 11.6 Å². The van der Waals surface area contributed by atoms with Crippen LogP contribution in [0.3, 0.4) is 0 Å². The number of hydrogen-bond donors (Lipinski definition) is 1. The van der Waals surface area contributed by atoms with Crippen LogP contribution in [0.15, 0.2) is 35.1 Å². The van der Waals surface area contributed by atoms with Gasteiger partial charge in [0.2, 0.25) is 0 Å². The number of carboxylic acid groups (broad SMARTS) is 1. The van der Waals surface area contributed by atoms with Crippen molar-refractivity contribution in [3.8, 4) is 11.3 Å². The summed E-state index contributed by atoms with van der Waals surface area (Å²) in [5.41, 5.74) is 3.50. The second-order valence-corrected chi connectivity index (χ2v) is 5.66. The van der Waals surface area contributed by atoms with Crippen molar-refractivity contribution in [3.63, 3.8) is 0 Å². The molecule has 4 heteroatoms. The Kier molecular flexibility index (Phi) is 3.16. The lowest BCUT2D eigenvalue weighted by Crippen LogP contribution is -2.27. The van der Waals surface area contributed by atoms with Gasteiger partial charge >= 0.3 is 5.97 Å². The maximum absolute atomic E-state index is 12.4. The Morgan fingerprint density at radius 2 is 1.90 bits per heavy atom. The fourth-order valence-corrected chi connectivity index (χ4v) is 2.73. The molecule has 21 heavy (non-hydrogen) atoms. The average Bonchev–Trinajstić information content (AvgIpc) is 3.22. The van der Waals surface area contributed by atoms with Gasteiger partial charge in [-0.1, -0.05) is 23.8 Å². The van der Waals surface area contributed by atoms with Gasteiger partial charge in [-0.15, -0.1) is 0 Å². The molecule has 1 aliphatic carbocycles. The molecule has 4 nitrogen and oxygen atoms in total. The Hall–Kier alpha value is -2.36. The minimum Gasteiger partial charge on any atom is -0.477 e. The third kappa shape index (κ3) is 2.37. The summed E-state index contributed by atoms with van der Waals surface area (Å²) in [6, 6.07) is 9.38. The molecule has 3 rings (SSSR count). The lowest BCUT2D eigenvalue weighted by molar-refractivity contribution is 0.0694. The van der Waals surface area contributed by atoms with Crippen LogP contribution >= 0.6 is 0 Å². The van der Waals surface area contributed by atoms with E-state index in [1.807, 2.05) is 26.0 Å². The molecule has 0 radical (unpaired) electrons. The summed E-state index contributed by atoms with van der Waals surface area (Å²) in [7, 11) is 0. The van der Waals surface area contributed by atoms with Crippen LogP contribution in [0.1, 0.15) is 40.4 Å². The number of aromatic nitrogens is 1. The van der Waals surface area contributed by atoms with E-state index in [2.05, 4.69) is 6.07 Å². The highest BCUT2D eigenvalue weighted by molar-refractivity contribution is 5.87. The third-order valence-corrected chi connectivity index (χ3v) is 3.92. The van der Waals surface area contributed by atoms with Gasteiger partial charge in [0.1, 0.15) is 5.56 Å². The van der Waals surface area contributed by atoms with E-state index >= 15 is 0 Å². The number of hydrogen-bond acceptors (Lipinski definition) is 2. The monoisotopic (exact) mass is 283 g/mol. The van der Waals surface area contributed by atoms with Crippen molar-refractivity contribution in [1.29, 1.82) is 0 Å². The number of pyridine rings is 1. The van der Waals surface area contributed by atoms with Crippen LogP contribution in [0.5, 0.6) is 0 Å². The van der Waals surface area contributed by atoms with Gasteiger partial charge in [0.25, 0.3) is 5.56 Å². The van der Waals surface area contributed by atoms with Crippen LogP contribution in [-0.2, 0) is 0 Å². The predicted molar refractivity (Wildman–Crippen MR) is 80.8 cm³/mol. The van der Waals surface area contributed by atoms with Crippen molar-refractivity contribution in [3.05, 3.63) is 57.4 Å². The lowest BCUT2D eigenvalue weighted by atomic mass is 10.0. The summed E-state index contributed by atoms with van der Waals surface area (Å²) in [6.45, 7) is 4.04. The number of rotatable bonds is 3. The molecule has 0 amide bonds. The van der Waals surface area contributed by atoms with Gasteiger partial charge in [-0.3, -0.25) is 4.79 Å². The number of carboxylic acids is 1. The summed E-state index contributed by atoms with van der Waals surface area (Å²) in [5.74, 6) is -1.17. The highest BCUT2D eigenvalue weighted by Gasteiger charge is 2.29. The fraction of sp³-hybridized carbons (Fsp3) is 0.294. The third-order valence-electron chi connectivity index (χ3n) is 3.92. The molecule has 0 unspecified atom stereocenters. The summed E-state index contributed by atoms with van der Waals surface area (Å²) in [5, 5.41) is 9.13. The maximum atomic E-state index is 12.4. The maximum Gasteiger partial charge on any atom is 0.341 e. The van der Waals surface area contributed by atoms with E-state index in [1.54, 1.807) is 10.6 Å². The topological polar surface area (TPSA) is 59.3 Å². The summed E-state index contributed by atoms with van der Waals surface area (Å²) < 4.78 is 1.65. The minimum atomic E-state index is -1.17. The molecular weight excluding hydrogens is 266 g/mol. The number of benzene rings is 1. The second kappa shape index (κ2) is 4.88. The standard InChI is InChI=1S/C17H17NO3/c1-10-3-6-13(11(2)9-10)15-8-7-14(17(20)21)16(19)18(15)12-4-5-12/h3,6-9,12H,4-5H2,1-2H3,(H,20,21).